The van der Waals surface area contributed by atoms with E-state index in [0.717, 1.165) is 0 Å². The molecule has 1 aliphatic rings. The Morgan fingerprint density at radius 3 is 2.77 bits per heavy atom. The largest absolute Gasteiger partial charge is 0.463 e. The Kier molecular flexibility index (Phi) is 4.89. The maximum Gasteiger partial charge on any atom is 0.333 e. The molecule has 0 aliphatic heterocycles. The van der Waals surface area contributed by atoms with E-state index >= 15 is 0 Å². The van der Waals surface area contributed by atoms with Crippen LogP contribution in [-0.4, -0.2) is 42.7 Å². The summed E-state index contributed by atoms with van der Waals surface area (Å²) in [5.74, 6) is -1.40. The molecule has 3 atom stereocenters. The smallest absolute Gasteiger partial charge is 0.333 e. The van der Waals surface area contributed by atoms with Crippen molar-refractivity contribution in [3.05, 3.63) is 11.6 Å². The molecule has 126 valence electrons. The van der Waals surface area contributed by atoms with Crippen LogP contribution in [0.5, 0.6) is 0 Å². The Morgan fingerprint density at radius 2 is 2.23 bits per heavy atom. The summed E-state index contributed by atoms with van der Waals surface area (Å²) < 4.78 is 46.9. The predicted octanol–water partition coefficient (Wildman–Crippen LogP) is 1.29. The minimum atomic E-state index is -3.13. The van der Waals surface area contributed by atoms with Gasteiger partial charge in [-0.15, -0.1) is 0 Å². The van der Waals surface area contributed by atoms with Gasteiger partial charge in [0.05, 0.1) is 27.6 Å². The SMILES string of the molecule is [2H]C([2H])([2H])C([2H])([2H])OC(=O)C1=CC(OC(CC)CC)C(NC(C)=O)C(N)C1. The Bertz CT molecular complexity index is 576. The third-order valence-corrected chi connectivity index (χ3v) is 3.67. The van der Waals surface area contributed by atoms with E-state index < -0.39 is 37.6 Å². The van der Waals surface area contributed by atoms with Gasteiger partial charge in [0.1, 0.15) is 0 Å². The van der Waals surface area contributed by atoms with Crippen LogP contribution >= 0.6 is 0 Å². The predicted molar refractivity (Wildman–Crippen MR) is 84.2 cm³/mol. The van der Waals surface area contributed by atoms with E-state index in [4.69, 9.17) is 17.3 Å². The van der Waals surface area contributed by atoms with Gasteiger partial charge >= 0.3 is 5.97 Å². The molecule has 3 N–H and O–H groups in total. The van der Waals surface area contributed by atoms with Gasteiger partial charge in [-0.1, -0.05) is 13.8 Å². The number of esters is 1. The molecule has 0 heterocycles. The Balaban J connectivity index is 3.10. The molecule has 0 aromatic heterocycles. The topological polar surface area (TPSA) is 90.6 Å². The standard InChI is InChI=1S/C16H28N2O4/c1-5-12(6-2)22-14-9-11(16(20)21-7-3)8-13(17)15(14)18-10(4)19/h9,12-15H,5-8,17H2,1-4H3,(H,18,19)/i3D3,7D2. The maximum atomic E-state index is 12.3. The number of hydrogen-bond acceptors (Lipinski definition) is 5. The third kappa shape index (κ3) is 5.10. The molecule has 22 heavy (non-hydrogen) atoms. The van der Waals surface area contributed by atoms with Crippen LogP contribution in [0.3, 0.4) is 0 Å². The second-order valence-electron chi connectivity index (χ2n) is 5.32. The highest BCUT2D eigenvalue weighted by Crippen LogP contribution is 2.24. The summed E-state index contributed by atoms with van der Waals surface area (Å²) in [7, 11) is 0. The van der Waals surface area contributed by atoms with E-state index in [-0.39, 0.29) is 24.0 Å². The van der Waals surface area contributed by atoms with Crippen molar-refractivity contribution in [3.8, 4) is 0 Å². The summed E-state index contributed by atoms with van der Waals surface area (Å²) in [5.41, 5.74) is 6.13. The first kappa shape index (κ1) is 12.1. The van der Waals surface area contributed by atoms with Crippen molar-refractivity contribution in [1.29, 1.82) is 0 Å². The van der Waals surface area contributed by atoms with E-state index in [1.165, 1.54) is 13.0 Å². The second kappa shape index (κ2) is 8.90. The van der Waals surface area contributed by atoms with Crippen LogP contribution in [0.2, 0.25) is 0 Å². The summed E-state index contributed by atoms with van der Waals surface area (Å²) in [6.45, 7) is -1.03. The monoisotopic (exact) mass is 317 g/mol. The molecule has 0 aromatic rings. The minimum Gasteiger partial charge on any atom is -0.463 e. The van der Waals surface area contributed by atoms with E-state index in [1.54, 1.807) is 0 Å². The molecule has 0 bridgehead atoms. The molecule has 3 unspecified atom stereocenters. The number of carbonyl (C=O) groups is 2. The molecule has 0 aromatic carbocycles. The van der Waals surface area contributed by atoms with Crippen LogP contribution in [0, 0.1) is 0 Å². The summed E-state index contributed by atoms with van der Waals surface area (Å²) in [5, 5.41) is 2.72. The Morgan fingerprint density at radius 1 is 1.55 bits per heavy atom. The molecule has 0 saturated carbocycles. The molecule has 6 nitrogen and oxygen atoms in total. The average molecular weight is 317 g/mol. The molecule has 0 radical (unpaired) electrons. The average Bonchev–Trinajstić information content (AvgIpc) is 2.53. The van der Waals surface area contributed by atoms with Gasteiger partial charge in [0.2, 0.25) is 5.91 Å². The second-order valence-corrected chi connectivity index (χ2v) is 5.32. The first-order valence-corrected chi connectivity index (χ1v) is 7.44. The van der Waals surface area contributed by atoms with Gasteiger partial charge in [-0.2, -0.15) is 0 Å². The Hall–Kier alpha value is -1.40. The lowest BCUT2D eigenvalue weighted by Crippen LogP contribution is -2.57. The molecule has 6 heteroatoms. The van der Waals surface area contributed by atoms with Crippen molar-refractivity contribution < 1.29 is 25.9 Å². The summed E-state index contributed by atoms with van der Waals surface area (Å²) in [6.07, 6.45) is 2.00. The zero-order valence-electron chi connectivity index (χ0n) is 18.2. The molecule has 0 saturated heterocycles. The summed E-state index contributed by atoms with van der Waals surface area (Å²) in [4.78, 5) is 23.8. The highest BCUT2D eigenvalue weighted by atomic mass is 16.5. The van der Waals surface area contributed by atoms with Crippen LogP contribution in [0.4, 0.5) is 0 Å². The minimum absolute atomic E-state index is 0.0103. The zero-order chi connectivity index (χ0) is 21.0. The van der Waals surface area contributed by atoms with Crippen molar-refractivity contribution in [2.24, 2.45) is 5.73 Å². The van der Waals surface area contributed by atoms with Crippen LogP contribution in [0.25, 0.3) is 0 Å². The normalized spacial score (nSPS) is 29.4. The first-order valence-electron chi connectivity index (χ1n) is 9.94. The number of hydrogen-bond donors (Lipinski definition) is 2. The number of amides is 1. The van der Waals surface area contributed by atoms with Gasteiger partial charge in [0.25, 0.3) is 0 Å². The van der Waals surface area contributed by atoms with Gasteiger partial charge < -0.3 is 20.5 Å². The van der Waals surface area contributed by atoms with Gasteiger partial charge in [-0.05, 0) is 32.2 Å². The van der Waals surface area contributed by atoms with Crippen molar-refractivity contribution in [2.45, 2.75) is 71.2 Å². The fourth-order valence-corrected chi connectivity index (χ4v) is 2.51. The first-order chi connectivity index (χ1) is 12.3. The number of rotatable bonds is 7. The molecule has 0 spiro atoms. The summed E-state index contributed by atoms with van der Waals surface area (Å²) >= 11 is 0. The molecular weight excluding hydrogens is 284 g/mol. The van der Waals surface area contributed by atoms with Crippen LogP contribution in [0.1, 0.15) is 53.7 Å². The molecule has 1 aliphatic carbocycles. The van der Waals surface area contributed by atoms with Crippen LogP contribution in [0.15, 0.2) is 11.6 Å². The van der Waals surface area contributed by atoms with Crippen LogP contribution < -0.4 is 11.1 Å². The third-order valence-electron chi connectivity index (χ3n) is 3.67. The van der Waals surface area contributed by atoms with Crippen molar-refractivity contribution >= 4 is 11.9 Å². The quantitative estimate of drug-likeness (QED) is 0.690. The van der Waals surface area contributed by atoms with Crippen LogP contribution in [-0.2, 0) is 19.1 Å². The number of nitrogens with one attached hydrogen (secondary N) is 1. The fourth-order valence-electron chi connectivity index (χ4n) is 2.51. The van der Waals surface area contributed by atoms with E-state index in [1.807, 2.05) is 13.8 Å². The van der Waals surface area contributed by atoms with Crippen molar-refractivity contribution in [3.63, 3.8) is 0 Å². The fraction of sp³-hybridized carbons (Fsp3) is 0.750. The summed E-state index contributed by atoms with van der Waals surface area (Å²) in [6, 6.07) is -1.25. The van der Waals surface area contributed by atoms with Gasteiger partial charge in [-0.3, -0.25) is 4.79 Å². The van der Waals surface area contributed by atoms with Gasteiger partial charge in [0, 0.05) is 22.7 Å². The van der Waals surface area contributed by atoms with Crippen molar-refractivity contribution in [1.82, 2.24) is 5.32 Å². The number of carbonyl (C=O) groups excluding carboxylic acids is 2. The number of ether oxygens (including phenoxy) is 2. The van der Waals surface area contributed by atoms with Gasteiger partial charge in [0.15, 0.2) is 0 Å². The lowest BCUT2D eigenvalue weighted by Gasteiger charge is -2.36. The molecular formula is C16H28N2O4. The zero-order valence-corrected chi connectivity index (χ0v) is 13.2. The lowest BCUT2D eigenvalue weighted by molar-refractivity contribution is -0.139. The molecule has 0 fully saturated rings. The highest BCUT2D eigenvalue weighted by Gasteiger charge is 2.35. The highest BCUT2D eigenvalue weighted by molar-refractivity contribution is 5.89. The van der Waals surface area contributed by atoms with E-state index in [2.05, 4.69) is 10.1 Å². The van der Waals surface area contributed by atoms with Crippen molar-refractivity contribution in [2.75, 3.05) is 6.56 Å². The lowest BCUT2D eigenvalue weighted by atomic mass is 9.88. The molecule has 1 rings (SSSR count). The Labute approximate surface area is 139 Å². The molecule has 1 amide bonds. The number of nitrogens with two attached hydrogens (primary N) is 1. The van der Waals surface area contributed by atoms with E-state index in [9.17, 15) is 9.59 Å². The van der Waals surface area contributed by atoms with Gasteiger partial charge in [-0.25, -0.2) is 4.79 Å². The maximum absolute atomic E-state index is 12.3. The van der Waals surface area contributed by atoms with E-state index in [0.29, 0.717) is 12.8 Å².